The maximum absolute atomic E-state index is 12.8. The molecular formula is C23H19NO2. The van der Waals surface area contributed by atoms with Gasteiger partial charge in [-0.2, -0.15) is 0 Å². The van der Waals surface area contributed by atoms with Crippen molar-refractivity contribution < 1.29 is 9.53 Å². The Kier molecular flexibility index (Phi) is 3.85. The number of aryl methyl sites for hydroxylation is 1. The molecule has 0 aromatic heterocycles. The van der Waals surface area contributed by atoms with Crippen LogP contribution >= 0.6 is 0 Å². The van der Waals surface area contributed by atoms with Crippen molar-refractivity contribution in [3.05, 3.63) is 89.5 Å². The molecule has 1 N–H and O–H groups in total. The average Bonchev–Trinajstić information content (AvgIpc) is 2.93. The smallest absolute Gasteiger partial charge is 0.194 e. The minimum atomic E-state index is 0.0809. The van der Waals surface area contributed by atoms with Crippen LogP contribution in [0.15, 0.2) is 67.2 Å². The molecular weight excluding hydrogens is 322 g/mol. The first-order chi connectivity index (χ1) is 12.6. The number of ketones is 1. The third-order valence-electron chi connectivity index (χ3n) is 4.71. The highest BCUT2D eigenvalue weighted by Crippen LogP contribution is 2.38. The van der Waals surface area contributed by atoms with Gasteiger partial charge in [0.25, 0.3) is 0 Å². The molecule has 3 aromatic rings. The van der Waals surface area contributed by atoms with Gasteiger partial charge in [-0.25, -0.2) is 0 Å². The van der Waals surface area contributed by atoms with E-state index in [0.717, 1.165) is 50.5 Å². The topological polar surface area (TPSA) is 38.3 Å². The van der Waals surface area contributed by atoms with Crippen LogP contribution < -0.4 is 10.1 Å². The molecule has 26 heavy (non-hydrogen) atoms. The number of carbonyl (C=O) groups is 1. The first-order valence-corrected chi connectivity index (χ1v) is 8.47. The summed E-state index contributed by atoms with van der Waals surface area (Å²) in [5, 5.41) is 3.30. The third-order valence-corrected chi connectivity index (χ3v) is 4.71. The van der Waals surface area contributed by atoms with Crippen molar-refractivity contribution in [1.82, 2.24) is 0 Å². The molecule has 3 aromatic carbocycles. The maximum Gasteiger partial charge on any atom is 0.194 e. The van der Waals surface area contributed by atoms with E-state index in [9.17, 15) is 4.79 Å². The predicted molar refractivity (Wildman–Crippen MR) is 106 cm³/mol. The van der Waals surface area contributed by atoms with Gasteiger partial charge in [0.2, 0.25) is 0 Å². The van der Waals surface area contributed by atoms with Crippen LogP contribution in [0.1, 0.15) is 27.0 Å². The van der Waals surface area contributed by atoms with E-state index in [4.69, 9.17) is 4.74 Å². The summed E-state index contributed by atoms with van der Waals surface area (Å²) in [6.07, 6.45) is 0. The van der Waals surface area contributed by atoms with E-state index in [-0.39, 0.29) is 5.78 Å². The standard InChI is InChI=1S/C23H19NO2/c1-14-4-10-19-20-11-7-17(13-22(20)23(25)21(19)12-14)24-15(2)16-5-8-18(26-3)9-6-16/h4-13,24H,2H2,1,3H3. The zero-order valence-corrected chi connectivity index (χ0v) is 14.8. The molecule has 1 aliphatic rings. The summed E-state index contributed by atoms with van der Waals surface area (Å²) in [4.78, 5) is 12.8. The Morgan fingerprint density at radius 1 is 0.885 bits per heavy atom. The third kappa shape index (κ3) is 2.68. The lowest BCUT2D eigenvalue weighted by Gasteiger charge is -2.11. The zero-order chi connectivity index (χ0) is 18.3. The number of anilines is 1. The van der Waals surface area contributed by atoms with E-state index < -0.39 is 0 Å². The monoisotopic (exact) mass is 341 g/mol. The maximum atomic E-state index is 12.8. The molecule has 4 rings (SSSR count). The molecule has 128 valence electrons. The van der Waals surface area contributed by atoms with Crippen LogP contribution in [0.4, 0.5) is 5.69 Å². The molecule has 0 unspecified atom stereocenters. The molecule has 0 bridgehead atoms. The first kappa shape index (κ1) is 16.2. The van der Waals surface area contributed by atoms with E-state index in [1.165, 1.54) is 0 Å². The number of hydrogen-bond donors (Lipinski definition) is 1. The highest BCUT2D eigenvalue weighted by molar-refractivity contribution is 6.22. The highest BCUT2D eigenvalue weighted by atomic mass is 16.5. The van der Waals surface area contributed by atoms with Gasteiger partial charge in [-0.1, -0.05) is 30.3 Å². The molecule has 0 heterocycles. The molecule has 1 aliphatic carbocycles. The summed E-state index contributed by atoms with van der Waals surface area (Å²) in [6, 6.07) is 19.6. The number of benzene rings is 3. The fourth-order valence-corrected chi connectivity index (χ4v) is 3.31. The zero-order valence-electron chi connectivity index (χ0n) is 14.8. The van der Waals surface area contributed by atoms with Gasteiger partial charge in [-0.05, 0) is 66.1 Å². The molecule has 0 fully saturated rings. The lowest BCUT2D eigenvalue weighted by atomic mass is 10.0. The second-order valence-electron chi connectivity index (χ2n) is 6.47. The normalized spacial score (nSPS) is 11.7. The molecule has 3 heteroatoms. The van der Waals surface area contributed by atoms with E-state index >= 15 is 0 Å². The van der Waals surface area contributed by atoms with Crippen LogP contribution in [0.5, 0.6) is 5.75 Å². The second-order valence-corrected chi connectivity index (χ2v) is 6.47. The Morgan fingerprint density at radius 3 is 2.23 bits per heavy atom. The van der Waals surface area contributed by atoms with Gasteiger partial charge in [0.15, 0.2) is 5.78 Å². The predicted octanol–water partition coefficient (Wildman–Crippen LogP) is 5.30. The molecule has 0 saturated carbocycles. The van der Waals surface area contributed by atoms with Gasteiger partial charge in [-0.3, -0.25) is 4.79 Å². The Morgan fingerprint density at radius 2 is 1.54 bits per heavy atom. The Labute approximate surface area is 152 Å². The van der Waals surface area contributed by atoms with Crippen molar-refractivity contribution in [2.45, 2.75) is 6.92 Å². The molecule has 0 spiro atoms. The van der Waals surface area contributed by atoms with E-state index in [2.05, 4.69) is 11.9 Å². The molecule has 0 radical (unpaired) electrons. The quantitative estimate of drug-likeness (QED) is 0.547. The van der Waals surface area contributed by atoms with Crippen LogP contribution in [0.25, 0.3) is 16.8 Å². The number of nitrogens with one attached hydrogen (secondary N) is 1. The number of rotatable bonds is 4. The summed E-state index contributed by atoms with van der Waals surface area (Å²) in [7, 11) is 1.64. The molecule has 0 amide bonds. The largest absolute Gasteiger partial charge is 0.497 e. The number of hydrogen-bond acceptors (Lipinski definition) is 3. The lowest BCUT2D eigenvalue weighted by Crippen LogP contribution is -2.00. The molecule has 0 aliphatic heterocycles. The van der Waals surface area contributed by atoms with Crippen molar-refractivity contribution in [1.29, 1.82) is 0 Å². The molecule has 3 nitrogen and oxygen atoms in total. The Balaban J connectivity index is 1.61. The summed E-state index contributed by atoms with van der Waals surface area (Å²) in [5.74, 6) is 0.884. The van der Waals surface area contributed by atoms with Gasteiger partial charge < -0.3 is 10.1 Å². The highest BCUT2D eigenvalue weighted by Gasteiger charge is 2.26. The fourth-order valence-electron chi connectivity index (χ4n) is 3.31. The van der Waals surface area contributed by atoms with Gasteiger partial charge >= 0.3 is 0 Å². The van der Waals surface area contributed by atoms with E-state index in [1.54, 1.807) is 7.11 Å². The van der Waals surface area contributed by atoms with Crippen molar-refractivity contribution in [3.63, 3.8) is 0 Å². The van der Waals surface area contributed by atoms with Crippen LogP contribution in [0.3, 0.4) is 0 Å². The molecule has 0 atom stereocenters. The average molecular weight is 341 g/mol. The first-order valence-electron chi connectivity index (χ1n) is 8.47. The number of fused-ring (bicyclic) bond motifs is 3. The SMILES string of the molecule is C=C(Nc1ccc2c(c1)C(=O)c1cc(C)ccc1-2)c1ccc(OC)cc1. The van der Waals surface area contributed by atoms with Crippen LogP contribution in [-0.4, -0.2) is 12.9 Å². The minimum Gasteiger partial charge on any atom is -0.497 e. The van der Waals surface area contributed by atoms with Crippen molar-refractivity contribution >= 4 is 17.2 Å². The van der Waals surface area contributed by atoms with Crippen molar-refractivity contribution in [2.24, 2.45) is 0 Å². The summed E-state index contributed by atoms with van der Waals surface area (Å²) in [6.45, 7) is 6.10. The van der Waals surface area contributed by atoms with Crippen molar-refractivity contribution in [2.75, 3.05) is 12.4 Å². The summed E-state index contributed by atoms with van der Waals surface area (Å²) in [5.41, 5.74) is 7.20. The Hall–Kier alpha value is -3.33. The second kappa shape index (κ2) is 6.19. The van der Waals surface area contributed by atoms with Gasteiger partial charge in [0, 0.05) is 22.5 Å². The minimum absolute atomic E-state index is 0.0809. The van der Waals surface area contributed by atoms with Crippen LogP contribution in [0.2, 0.25) is 0 Å². The van der Waals surface area contributed by atoms with Gasteiger partial charge in [0.1, 0.15) is 5.75 Å². The van der Waals surface area contributed by atoms with E-state index in [0.29, 0.717) is 0 Å². The summed E-state index contributed by atoms with van der Waals surface area (Å²) >= 11 is 0. The van der Waals surface area contributed by atoms with E-state index in [1.807, 2.05) is 67.6 Å². The van der Waals surface area contributed by atoms with Gasteiger partial charge in [0.05, 0.1) is 7.11 Å². The lowest BCUT2D eigenvalue weighted by molar-refractivity contribution is 0.104. The van der Waals surface area contributed by atoms with Crippen LogP contribution in [-0.2, 0) is 0 Å². The van der Waals surface area contributed by atoms with Crippen LogP contribution in [0, 0.1) is 6.92 Å². The number of ether oxygens (including phenoxy) is 1. The number of carbonyl (C=O) groups excluding carboxylic acids is 1. The summed E-state index contributed by atoms with van der Waals surface area (Å²) < 4.78 is 5.18. The molecule has 0 saturated heterocycles. The van der Waals surface area contributed by atoms with Crippen molar-refractivity contribution in [3.8, 4) is 16.9 Å². The van der Waals surface area contributed by atoms with Gasteiger partial charge in [-0.15, -0.1) is 0 Å². The fraction of sp³-hybridized carbons (Fsp3) is 0.0870. The Bertz CT molecular complexity index is 1030. The number of methoxy groups -OCH3 is 1.